The number of carboxylic acid groups (broad SMARTS) is 1. The van der Waals surface area contributed by atoms with Crippen LogP contribution in [0.2, 0.25) is 0 Å². The standard InChI is InChI=1S/C29H32FNO5S/c1-16-8-10-19(11-9-16)23-17(2)24-22-13-12-21(30)14-20(22)15-31(37(7,34)35)26(24)18(3)25(23)27(28(32)33)36-29(4,5)6/h8-14,27H,15H2,1-7H3,(H,32,33). The van der Waals surface area contributed by atoms with Crippen LogP contribution in [0.4, 0.5) is 10.1 Å². The van der Waals surface area contributed by atoms with E-state index >= 15 is 0 Å². The van der Waals surface area contributed by atoms with Gasteiger partial charge in [-0.1, -0.05) is 35.9 Å². The summed E-state index contributed by atoms with van der Waals surface area (Å²) in [5.41, 5.74) is 5.61. The topological polar surface area (TPSA) is 83.9 Å². The monoisotopic (exact) mass is 525 g/mol. The highest BCUT2D eigenvalue weighted by Crippen LogP contribution is 2.51. The smallest absolute Gasteiger partial charge is 0.337 e. The second-order valence-electron chi connectivity index (χ2n) is 10.6. The highest BCUT2D eigenvalue weighted by molar-refractivity contribution is 7.92. The Kier molecular flexibility index (Phi) is 6.71. The van der Waals surface area contributed by atoms with E-state index in [9.17, 15) is 22.7 Å². The molecule has 0 saturated heterocycles. The van der Waals surface area contributed by atoms with Gasteiger partial charge in [0.25, 0.3) is 0 Å². The highest BCUT2D eigenvalue weighted by Gasteiger charge is 2.38. The Balaban J connectivity index is 2.21. The molecule has 0 radical (unpaired) electrons. The van der Waals surface area contributed by atoms with Gasteiger partial charge in [0.1, 0.15) is 5.82 Å². The molecule has 37 heavy (non-hydrogen) atoms. The molecule has 3 aromatic rings. The predicted molar refractivity (Wildman–Crippen MR) is 144 cm³/mol. The summed E-state index contributed by atoms with van der Waals surface area (Å²) in [5, 5.41) is 10.3. The number of carboxylic acids is 1. The Labute approximate surface area is 217 Å². The van der Waals surface area contributed by atoms with E-state index in [0.717, 1.165) is 22.9 Å². The SMILES string of the molecule is Cc1ccc(-c2c(C)c3c(c(C)c2C(OC(C)(C)C)C(=O)O)N(S(C)(=O)=O)Cc2cc(F)ccc2-3)cc1. The molecule has 0 saturated carbocycles. The lowest BCUT2D eigenvalue weighted by Crippen LogP contribution is -2.34. The largest absolute Gasteiger partial charge is 0.479 e. The number of rotatable bonds is 5. The molecule has 1 atom stereocenters. The van der Waals surface area contributed by atoms with Crippen LogP contribution in [0, 0.1) is 26.6 Å². The normalized spacial score (nSPS) is 14.2. The summed E-state index contributed by atoms with van der Waals surface area (Å²) in [6, 6.07) is 12.1. The molecule has 1 N–H and O–H groups in total. The summed E-state index contributed by atoms with van der Waals surface area (Å²) in [6.45, 7) is 10.8. The van der Waals surface area contributed by atoms with Crippen LogP contribution in [-0.4, -0.2) is 31.4 Å². The quantitative estimate of drug-likeness (QED) is 0.422. The third kappa shape index (κ3) is 5.00. The maximum absolute atomic E-state index is 14.2. The number of hydrogen-bond donors (Lipinski definition) is 1. The second kappa shape index (κ2) is 9.26. The number of hydrogen-bond acceptors (Lipinski definition) is 4. The van der Waals surface area contributed by atoms with Crippen molar-refractivity contribution >= 4 is 21.7 Å². The second-order valence-corrected chi connectivity index (χ2v) is 12.6. The number of halogens is 1. The van der Waals surface area contributed by atoms with E-state index in [-0.39, 0.29) is 6.54 Å². The molecule has 0 amide bonds. The Morgan fingerprint density at radius 3 is 2.19 bits per heavy atom. The van der Waals surface area contributed by atoms with Crippen molar-refractivity contribution in [3.8, 4) is 22.3 Å². The molecule has 0 fully saturated rings. The molecule has 1 unspecified atom stereocenters. The number of benzene rings is 3. The van der Waals surface area contributed by atoms with Gasteiger partial charge < -0.3 is 9.84 Å². The van der Waals surface area contributed by atoms with Crippen molar-refractivity contribution in [2.75, 3.05) is 10.6 Å². The molecular weight excluding hydrogens is 493 g/mol. The van der Waals surface area contributed by atoms with Crippen molar-refractivity contribution in [2.24, 2.45) is 0 Å². The first-order valence-electron chi connectivity index (χ1n) is 12.0. The molecule has 196 valence electrons. The van der Waals surface area contributed by atoms with E-state index in [1.807, 2.05) is 38.1 Å². The summed E-state index contributed by atoms with van der Waals surface area (Å²) >= 11 is 0. The molecule has 0 bridgehead atoms. The van der Waals surface area contributed by atoms with Crippen LogP contribution in [0.1, 0.15) is 54.7 Å². The van der Waals surface area contributed by atoms with E-state index in [1.165, 1.54) is 16.4 Å². The molecule has 0 aliphatic carbocycles. The molecule has 1 heterocycles. The summed E-state index contributed by atoms with van der Waals surface area (Å²) in [7, 11) is -3.79. The first-order chi connectivity index (χ1) is 17.1. The molecule has 8 heteroatoms. The summed E-state index contributed by atoms with van der Waals surface area (Å²) in [6.07, 6.45) is -0.250. The third-order valence-electron chi connectivity index (χ3n) is 6.61. The van der Waals surface area contributed by atoms with Crippen LogP contribution >= 0.6 is 0 Å². The zero-order valence-electron chi connectivity index (χ0n) is 22.1. The Bertz CT molecular complexity index is 1500. The minimum atomic E-state index is -3.79. The summed E-state index contributed by atoms with van der Waals surface area (Å²) in [4.78, 5) is 12.7. The Hall–Kier alpha value is -3.23. The van der Waals surface area contributed by atoms with Gasteiger partial charge in [0.2, 0.25) is 10.0 Å². The number of aliphatic carboxylic acids is 1. The predicted octanol–water partition coefficient (Wildman–Crippen LogP) is 6.31. The van der Waals surface area contributed by atoms with Crippen molar-refractivity contribution in [1.82, 2.24) is 0 Å². The average Bonchev–Trinajstić information content (AvgIpc) is 2.78. The van der Waals surface area contributed by atoms with Gasteiger partial charge in [0.15, 0.2) is 6.10 Å². The number of fused-ring (bicyclic) bond motifs is 3. The van der Waals surface area contributed by atoms with Gasteiger partial charge in [-0.05, 0) is 87.1 Å². The van der Waals surface area contributed by atoms with Gasteiger partial charge >= 0.3 is 5.97 Å². The molecule has 4 rings (SSSR count). The average molecular weight is 526 g/mol. The molecule has 1 aliphatic heterocycles. The summed E-state index contributed by atoms with van der Waals surface area (Å²) < 4.78 is 47.6. The highest BCUT2D eigenvalue weighted by atomic mass is 32.2. The van der Waals surface area contributed by atoms with Gasteiger partial charge in [-0.2, -0.15) is 0 Å². The van der Waals surface area contributed by atoms with Crippen molar-refractivity contribution < 1.29 is 27.4 Å². The van der Waals surface area contributed by atoms with Crippen molar-refractivity contribution in [1.29, 1.82) is 0 Å². The lowest BCUT2D eigenvalue weighted by atomic mass is 9.80. The third-order valence-corrected chi connectivity index (χ3v) is 7.73. The van der Waals surface area contributed by atoms with Crippen LogP contribution in [0.15, 0.2) is 42.5 Å². The van der Waals surface area contributed by atoms with Crippen LogP contribution in [-0.2, 0) is 26.1 Å². The Morgan fingerprint density at radius 2 is 1.65 bits per heavy atom. The first kappa shape index (κ1) is 26.8. The van der Waals surface area contributed by atoms with E-state index in [4.69, 9.17) is 4.74 Å². The number of aryl methyl sites for hydroxylation is 1. The van der Waals surface area contributed by atoms with Gasteiger partial charge in [0.05, 0.1) is 24.1 Å². The Morgan fingerprint density at radius 1 is 1.03 bits per heavy atom. The molecular formula is C29H32FNO5S. The van der Waals surface area contributed by atoms with E-state index in [1.54, 1.807) is 33.8 Å². The number of carbonyl (C=O) groups is 1. The lowest BCUT2D eigenvalue weighted by Gasteiger charge is -2.37. The molecule has 1 aliphatic rings. The molecule has 0 spiro atoms. The fourth-order valence-electron chi connectivity index (χ4n) is 5.11. The van der Waals surface area contributed by atoms with Crippen LogP contribution in [0.25, 0.3) is 22.3 Å². The minimum Gasteiger partial charge on any atom is -0.479 e. The molecule has 0 aromatic heterocycles. The van der Waals surface area contributed by atoms with Crippen LogP contribution < -0.4 is 4.31 Å². The van der Waals surface area contributed by atoms with Crippen LogP contribution in [0.5, 0.6) is 0 Å². The number of nitrogens with zero attached hydrogens (tertiary/aromatic N) is 1. The van der Waals surface area contributed by atoms with Crippen molar-refractivity contribution in [3.63, 3.8) is 0 Å². The van der Waals surface area contributed by atoms with Gasteiger partial charge in [0, 0.05) is 11.1 Å². The maximum Gasteiger partial charge on any atom is 0.337 e. The summed E-state index contributed by atoms with van der Waals surface area (Å²) in [5.74, 6) is -1.63. The van der Waals surface area contributed by atoms with E-state index < -0.39 is 33.5 Å². The van der Waals surface area contributed by atoms with E-state index in [2.05, 4.69) is 0 Å². The van der Waals surface area contributed by atoms with Crippen molar-refractivity contribution in [2.45, 2.75) is 59.8 Å². The zero-order chi connectivity index (χ0) is 27.4. The zero-order valence-corrected chi connectivity index (χ0v) is 23.0. The van der Waals surface area contributed by atoms with Gasteiger partial charge in [-0.25, -0.2) is 17.6 Å². The van der Waals surface area contributed by atoms with E-state index in [0.29, 0.717) is 39.1 Å². The fourth-order valence-corrected chi connectivity index (χ4v) is 6.04. The molecule has 3 aromatic carbocycles. The minimum absolute atomic E-state index is 0.0552. The van der Waals surface area contributed by atoms with Gasteiger partial charge in [-0.15, -0.1) is 0 Å². The number of anilines is 1. The number of ether oxygens (including phenoxy) is 1. The van der Waals surface area contributed by atoms with Gasteiger partial charge in [-0.3, -0.25) is 4.31 Å². The first-order valence-corrected chi connectivity index (χ1v) is 13.9. The van der Waals surface area contributed by atoms with Crippen LogP contribution in [0.3, 0.4) is 0 Å². The fraction of sp³-hybridized carbons (Fsp3) is 0.345. The maximum atomic E-state index is 14.2. The molecule has 6 nitrogen and oxygen atoms in total. The van der Waals surface area contributed by atoms with Crippen molar-refractivity contribution in [3.05, 3.63) is 76.1 Å². The lowest BCUT2D eigenvalue weighted by molar-refractivity contribution is -0.160. The number of sulfonamides is 1.